The van der Waals surface area contributed by atoms with Crippen molar-refractivity contribution in [1.29, 1.82) is 0 Å². The Morgan fingerprint density at radius 3 is 2.58 bits per heavy atom. The zero-order valence-corrected chi connectivity index (χ0v) is 9.82. The number of carbonyl (C=O) groups is 1. The van der Waals surface area contributed by atoms with E-state index in [1.54, 1.807) is 0 Å². The van der Waals surface area contributed by atoms with Crippen LogP contribution in [-0.4, -0.2) is 21.0 Å². The quantitative estimate of drug-likeness (QED) is 0.911. The number of nitrogens with zero attached hydrogens (tertiary/aromatic N) is 2. The lowest BCUT2D eigenvalue weighted by molar-refractivity contribution is -0.137. The molecule has 0 saturated carbocycles. The molecule has 19 heavy (non-hydrogen) atoms. The van der Waals surface area contributed by atoms with Crippen molar-refractivity contribution in [3.05, 3.63) is 35.3 Å². The van der Waals surface area contributed by atoms with E-state index in [1.807, 2.05) is 0 Å². The van der Waals surface area contributed by atoms with E-state index in [1.165, 1.54) is 19.1 Å². The Kier molecular flexibility index (Phi) is 3.13. The first-order valence-corrected chi connectivity index (χ1v) is 5.34. The van der Waals surface area contributed by atoms with Gasteiger partial charge in [0.05, 0.1) is 11.1 Å². The minimum Gasteiger partial charge on any atom is -0.481 e. The molecule has 0 bridgehead atoms. The van der Waals surface area contributed by atoms with Crippen molar-refractivity contribution in [2.24, 2.45) is 0 Å². The number of aryl methyl sites for hydroxylation is 1. The van der Waals surface area contributed by atoms with Crippen LogP contribution in [0.3, 0.4) is 0 Å². The summed E-state index contributed by atoms with van der Waals surface area (Å²) in [5, 5.41) is 8.92. The molecule has 0 fully saturated rings. The molecule has 1 aromatic carbocycles. The van der Waals surface area contributed by atoms with E-state index in [4.69, 9.17) is 5.11 Å². The smallest absolute Gasteiger partial charge is 0.418 e. The Morgan fingerprint density at radius 1 is 1.32 bits per heavy atom. The first-order valence-electron chi connectivity index (χ1n) is 5.34. The van der Waals surface area contributed by atoms with Gasteiger partial charge in [-0.1, -0.05) is 12.1 Å². The standard InChI is InChI=1S/C12H9F3N2O2/c1-6-7-3-2-4-8(12(13,14)15)11(7)17-9(16-6)5-10(18)19/h2-4H,5H2,1H3,(H,18,19). The van der Waals surface area contributed by atoms with E-state index in [0.717, 1.165) is 6.07 Å². The van der Waals surface area contributed by atoms with Gasteiger partial charge in [-0.05, 0) is 13.0 Å². The van der Waals surface area contributed by atoms with E-state index in [0.29, 0.717) is 5.69 Å². The molecule has 4 nitrogen and oxygen atoms in total. The third-order valence-electron chi connectivity index (χ3n) is 2.58. The summed E-state index contributed by atoms with van der Waals surface area (Å²) in [6.45, 7) is 1.52. The predicted molar refractivity (Wildman–Crippen MR) is 60.6 cm³/mol. The van der Waals surface area contributed by atoms with Crippen LogP contribution in [0, 0.1) is 6.92 Å². The number of alkyl halides is 3. The van der Waals surface area contributed by atoms with Gasteiger partial charge in [0.15, 0.2) is 0 Å². The fourth-order valence-electron chi connectivity index (χ4n) is 1.81. The molecule has 1 N–H and O–H groups in total. The molecule has 7 heteroatoms. The molecule has 0 spiro atoms. The monoisotopic (exact) mass is 270 g/mol. The molecular formula is C12H9F3N2O2. The van der Waals surface area contributed by atoms with Gasteiger partial charge in [-0.3, -0.25) is 4.79 Å². The molecule has 0 amide bonds. The summed E-state index contributed by atoms with van der Waals surface area (Å²) < 4.78 is 38.6. The summed E-state index contributed by atoms with van der Waals surface area (Å²) in [6, 6.07) is 3.67. The fourth-order valence-corrected chi connectivity index (χ4v) is 1.81. The van der Waals surface area contributed by atoms with E-state index in [2.05, 4.69) is 9.97 Å². The molecule has 2 aromatic rings. The normalized spacial score (nSPS) is 11.8. The average Bonchev–Trinajstić information content (AvgIpc) is 2.26. The molecule has 1 heterocycles. The Bertz CT molecular complexity index is 653. The number of carboxylic acids is 1. The molecule has 0 radical (unpaired) electrons. The third kappa shape index (κ3) is 2.64. The van der Waals surface area contributed by atoms with Crippen molar-refractivity contribution in [2.45, 2.75) is 19.5 Å². The first kappa shape index (κ1) is 13.3. The van der Waals surface area contributed by atoms with Gasteiger partial charge in [0.2, 0.25) is 0 Å². The van der Waals surface area contributed by atoms with E-state index in [9.17, 15) is 18.0 Å². The van der Waals surface area contributed by atoms with Gasteiger partial charge < -0.3 is 5.11 Å². The highest BCUT2D eigenvalue weighted by molar-refractivity contribution is 5.84. The fraction of sp³-hybridized carbons (Fsp3) is 0.250. The van der Waals surface area contributed by atoms with Crippen LogP contribution in [0.2, 0.25) is 0 Å². The maximum absolute atomic E-state index is 12.9. The summed E-state index contributed by atoms with van der Waals surface area (Å²) >= 11 is 0. The molecule has 0 aliphatic carbocycles. The maximum Gasteiger partial charge on any atom is 0.418 e. The second-order valence-electron chi connectivity index (χ2n) is 4.00. The largest absolute Gasteiger partial charge is 0.481 e. The Hall–Kier alpha value is -2.18. The number of hydrogen-bond donors (Lipinski definition) is 1. The van der Waals surface area contributed by atoms with Gasteiger partial charge in [0.25, 0.3) is 0 Å². The minimum atomic E-state index is -4.54. The lowest BCUT2D eigenvalue weighted by Gasteiger charge is -2.11. The Balaban J connectivity index is 2.72. The number of carboxylic acid groups (broad SMARTS) is 1. The van der Waals surface area contributed by atoms with Crippen LogP contribution in [-0.2, 0) is 17.4 Å². The predicted octanol–water partition coefficient (Wildman–Crippen LogP) is 2.58. The number of rotatable bonds is 2. The van der Waals surface area contributed by atoms with Gasteiger partial charge in [-0.15, -0.1) is 0 Å². The van der Waals surface area contributed by atoms with Crippen molar-refractivity contribution in [3.63, 3.8) is 0 Å². The van der Waals surface area contributed by atoms with Crippen LogP contribution in [0.4, 0.5) is 13.2 Å². The first-order chi connectivity index (χ1) is 8.79. The molecule has 100 valence electrons. The second kappa shape index (κ2) is 4.49. The van der Waals surface area contributed by atoms with E-state index in [-0.39, 0.29) is 16.7 Å². The highest BCUT2D eigenvalue weighted by Gasteiger charge is 2.33. The zero-order valence-electron chi connectivity index (χ0n) is 9.82. The van der Waals surface area contributed by atoms with Gasteiger partial charge in [0, 0.05) is 11.1 Å². The molecule has 0 aliphatic rings. The number of para-hydroxylation sites is 1. The second-order valence-corrected chi connectivity index (χ2v) is 4.00. The van der Waals surface area contributed by atoms with Crippen molar-refractivity contribution >= 4 is 16.9 Å². The summed E-state index contributed by atoms with van der Waals surface area (Å²) in [7, 11) is 0. The van der Waals surface area contributed by atoms with Gasteiger partial charge in [-0.2, -0.15) is 13.2 Å². The highest BCUT2D eigenvalue weighted by Crippen LogP contribution is 2.34. The van der Waals surface area contributed by atoms with Crippen LogP contribution >= 0.6 is 0 Å². The molecule has 0 atom stereocenters. The number of hydrogen-bond acceptors (Lipinski definition) is 3. The highest BCUT2D eigenvalue weighted by atomic mass is 19.4. The van der Waals surface area contributed by atoms with Crippen LogP contribution in [0.5, 0.6) is 0 Å². The summed E-state index contributed by atoms with van der Waals surface area (Å²) in [5.41, 5.74) is -0.826. The SMILES string of the molecule is Cc1nc(CC(=O)O)nc2c(C(F)(F)F)cccc12. The van der Waals surface area contributed by atoms with E-state index < -0.39 is 24.1 Å². The minimum absolute atomic E-state index is 0.130. The summed E-state index contributed by atoms with van der Waals surface area (Å²) in [6.07, 6.45) is -5.05. The number of fused-ring (bicyclic) bond motifs is 1. The van der Waals surface area contributed by atoms with Gasteiger partial charge in [-0.25, -0.2) is 9.97 Å². The lowest BCUT2D eigenvalue weighted by Crippen LogP contribution is -2.10. The Labute approximate surface area is 105 Å². The van der Waals surface area contributed by atoms with Crippen LogP contribution in [0.1, 0.15) is 17.1 Å². The van der Waals surface area contributed by atoms with Crippen molar-refractivity contribution < 1.29 is 23.1 Å². The lowest BCUT2D eigenvalue weighted by atomic mass is 10.1. The molecule has 1 aromatic heterocycles. The van der Waals surface area contributed by atoms with Gasteiger partial charge >= 0.3 is 12.1 Å². The topological polar surface area (TPSA) is 63.1 Å². The maximum atomic E-state index is 12.9. The average molecular weight is 270 g/mol. The van der Waals surface area contributed by atoms with Crippen LogP contribution in [0.15, 0.2) is 18.2 Å². The summed E-state index contributed by atoms with van der Waals surface area (Å²) in [4.78, 5) is 18.2. The number of aromatic nitrogens is 2. The molecule has 0 saturated heterocycles. The van der Waals surface area contributed by atoms with Crippen molar-refractivity contribution in [3.8, 4) is 0 Å². The Morgan fingerprint density at radius 2 is 2.00 bits per heavy atom. The zero-order chi connectivity index (χ0) is 14.2. The third-order valence-corrected chi connectivity index (χ3v) is 2.58. The van der Waals surface area contributed by atoms with E-state index >= 15 is 0 Å². The van der Waals surface area contributed by atoms with Gasteiger partial charge in [0.1, 0.15) is 12.2 Å². The van der Waals surface area contributed by atoms with Crippen molar-refractivity contribution in [2.75, 3.05) is 0 Å². The number of aliphatic carboxylic acids is 1. The molecule has 0 unspecified atom stereocenters. The van der Waals surface area contributed by atoms with Crippen molar-refractivity contribution in [1.82, 2.24) is 9.97 Å². The van der Waals surface area contributed by atoms with Crippen LogP contribution < -0.4 is 0 Å². The number of halogens is 3. The summed E-state index contributed by atoms with van der Waals surface area (Å²) in [5.74, 6) is -1.32. The molecular weight excluding hydrogens is 261 g/mol. The molecule has 0 aliphatic heterocycles. The number of benzene rings is 1. The van der Waals surface area contributed by atoms with Crippen LogP contribution in [0.25, 0.3) is 10.9 Å². The molecule has 2 rings (SSSR count).